The Morgan fingerprint density at radius 1 is 1.46 bits per heavy atom. The smallest absolute Gasteiger partial charge is 0.489 e. The highest BCUT2D eigenvalue weighted by molar-refractivity contribution is 6.59. The topological polar surface area (TPSA) is 49.7 Å². The van der Waals surface area contributed by atoms with Crippen LogP contribution in [0.4, 0.5) is 0 Å². The summed E-state index contributed by atoms with van der Waals surface area (Å²) in [5.74, 6) is 0.584. The summed E-state index contributed by atoms with van der Waals surface area (Å²) in [4.78, 5) is 0. The van der Waals surface area contributed by atoms with Gasteiger partial charge in [0.25, 0.3) is 0 Å². The highest BCUT2D eigenvalue weighted by atomic mass is 16.5. The lowest BCUT2D eigenvalue weighted by Gasteiger charge is -2.09. The Morgan fingerprint density at radius 3 is 2.62 bits per heavy atom. The van der Waals surface area contributed by atoms with E-state index in [9.17, 15) is 0 Å². The molecule has 0 heterocycles. The molecule has 0 saturated carbocycles. The molecule has 0 aliphatic carbocycles. The van der Waals surface area contributed by atoms with E-state index in [2.05, 4.69) is 6.58 Å². The van der Waals surface area contributed by atoms with Crippen LogP contribution in [0.15, 0.2) is 24.8 Å². The molecule has 0 unspecified atom stereocenters. The van der Waals surface area contributed by atoms with Gasteiger partial charge in [0.15, 0.2) is 0 Å². The Bertz CT molecular complexity index is 310. The van der Waals surface area contributed by atoms with Gasteiger partial charge >= 0.3 is 7.12 Å². The van der Waals surface area contributed by atoms with Crippen LogP contribution < -0.4 is 10.2 Å². The molecular formula is C9H11BO3. The van der Waals surface area contributed by atoms with Gasteiger partial charge in [0.1, 0.15) is 5.75 Å². The molecule has 0 fully saturated rings. The summed E-state index contributed by atoms with van der Waals surface area (Å²) < 4.78 is 5.03. The number of hydrogen-bond acceptors (Lipinski definition) is 3. The van der Waals surface area contributed by atoms with Crippen LogP contribution in [0.25, 0.3) is 6.08 Å². The van der Waals surface area contributed by atoms with Crippen molar-refractivity contribution in [2.24, 2.45) is 0 Å². The SMILES string of the molecule is C=Cc1c(OC)cccc1B(O)O. The zero-order valence-corrected chi connectivity index (χ0v) is 7.40. The van der Waals surface area contributed by atoms with Crippen LogP contribution >= 0.6 is 0 Å². The third kappa shape index (κ3) is 1.91. The van der Waals surface area contributed by atoms with Crippen molar-refractivity contribution in [3.8, 4) is 5.75 Å². The molecule has 13 heavy (non-hydrogen) atoms. The molecule has 0 aromatic heterocycles. The van der Waals surface area contributed by atoms with Crippen LogP contribution in [-0.2, 0) is 0 Å². The van der Waals surface area contributed by atoms with E-state index in [1.165, 1.54) is 13.2 Å². The number of methoxy groups -OCH3 is 1. The first-order valence-electron chi connectivity index (χ1n) is 3.86. The van der Waals surface area contributed by atoms with Gasteiger partial charge < -0.3 is 14.8 Å². The second kappa shape index (κ2) is 4.12. The highest BCUT2D eigenvalue weighted by Crippen LogP contribution is 2.16. The van der Waals surface area contributed by atoms with Crippen LogP contribution in [0.2, 0.25) is 0 Å². The maximum Gasteiger partial charge on any atom is 0.489 e. The first kappa shape index (κ1) is 9.83. The summed E-state index contributed by atoms with van der Waals surface area (Å²) in [6.07, 6.45) is 1.54. The fourth-order valence-electron chi connectivity index (χ4n) is 1.18. The van der Waals surface area contributed by atoms with Gasteiger partial charge in [0, 0.05) is 5.56 Å². The van der Waals surface area contributed by atoms with Crippen molar-refractivity contribution in [1.29, 1.82) is 0 Å². The van der Waals surface area contributed by atoms with E-state index in [0.29, 0.717) is 16.8 Å². The largest absolute Gasteiger partial charge is 0.496 e. The minimum Gasteiger partial charge on any atom is -0.496 e. The average Bonchev–Trinajstić information content (AvgIpc) is 2.16. The maximum absolute atomic E-state index is 9.01. The maximum atomic E-state index is 9.01. The normalized spacial score (nSPS) is 9.46. The molecule has 0 spiro atoms. The Balaban J connectivity index is 3.27. The molecule has 0 bridgehead atoms. The number of ether oxygens (including phenoxy) is 1. The second-order valence-corrected chi connectivity index (χ2v) is 2.54. The molecule has 4 heteroatoms. The van der Waals surface area contributed by atoms with E-state index in [1.807, 2.05) is 0 Å². The Labute approximate surface area is 77.4 Å². The summed E-state index contributed by atoms with van der Waals surface area (Å²) >= 11 is 0. The summed E-state index contributed by atoms with van der Waals surface area (Å²) in [5, 5.41) is 18.0. The molecule has 0 radical (unpaired) electrons. The lowest BCUT2D eigenvalue weighted by atomic mass is 9.77. The molecule has 1 aromatic carbocycles. The molecule has 0 amide bonds. The van der Waals surface area contributed by atoms with Crippen LogP contribution in [-0.4, -0.2) is 24.3 Å². The average molecular weight is 178 g/mol. The van der Waals surface area contributed by atoms with Gasteiger partial charge in [-0.1, -0.05) is 24.8 Å². The fraction of sp³-hybridized carbons (Fsp3) is 0.111. The van der Waals surface area contributed by atoms with Crippen molar-refractivity contribution in [2.45, 2.75) is 0 Å². The molecule has 68 valence electrons. The predicted molar refractivity (Wildman–Crippen MR) is 52.9 cm³/mol. The fourth-order valence-corrected chi connectivity index (χ4v) is 1.18. The molecule has 0 saturated heterocycles. The van der Waals surface area contributed by atoms with Crippen LogP contribution in [0.3, 0.4) is 0 Å². The third-order valence-corrected chi connectivity index (χ3v) is 1.80. The summed E-state index contributed by atoms with van der Waals surface area (Å²) in [6.45, 7) is 3.58. The lowest BCUT2D eigenvalue weighted by molar-refractivity contribution is 0.411. The van der Waals surface area contributed by atoms with Gasteiger partial charge in [-0.15, -0.1) is 0 Å². The van der Waals surface area contributed by atoms with Crippen molar-refractivity contribution in [1.82, 2.24) is 0 Å². The van der Waals surface area contributed by atoms with Gasteiger partial charge in [-0.05, 0) is 11.5 Å². The van der Waals surface area contributed by atoms with Crippen molar-refractivity contribution >= 4 is 18.7 Å². The zero-order chi connectivity index (χ0) is 9.84. The number of benzene rings is 1. The minimum atomic E-state index is -1.50. The predicted octanol–water partition coefficient (Wildman–Crippen LogP) is 0.0180. The van der Waals surface area contributed by atoms with E-state index < -0.39 is 7.12 Å². The van der Waals surface area contributed by atoms with Gasteiger partial charge in [-0.3, -0.25) is 0 Å². The first-order chi connectivity index (χ1) is 6.20. The van der Waals surface area contributed by atoms with Crippen LogP contribution in [0.1, 0.15) is 5.56 Å². The first-order valence-corrected chi connectivity index (χ1v) is 3.86. The summed E-state index contributed by atoms with van der Waals surface area (Å²) in [7, 11) is 0.0265. The van der Waals surface area contributed by atoms with E-state index in [0.717, 1.165) is 0 Å². The minimum absolute atomic E-state index is 0.398. The van der Waals surface area contributed by atoms with Gasteiger partial charge in [-0.2, -0.15) is 0 Å². The Hall–Kier alpha value is -1.26. The van der Waals surface area contributed by atoms with Crippen LogP contribution in [0.5, 0.6) is 5.75 Å². The molecule has 0 aliphatic rings. The summed E-state index contributed by atoms with van der Waals surface area (Å²) in [6, 6.07) is 5.05. The van der Waals surface area contributed by atoms with Gasteiger partial charge in [0.2, 0.25) is 0 Å². The molecular weight excluding hydrogens is 167 g/mol. The molecule has 2 N–H and O–H groups in total. The van der Waals surface area contributed by atoms with Crippen molar-refractivity contribution in [3.63, 3.8) is 0 Å². The van der Waals surface area contributed by atoms with Crippen molar-refractivity contribution in [2.75, 3.05) is 7.11 Å². The van der Waals surface area contributed by atoms with E-state index in [1.54, 1.807) is 18.2 Å². The highest BCUT2D eigenvalue weighted by Gasteiger charge is 2.16. The lowest BCUT2D eigenvalue weighted by Crippen LogP contribution is -2.32. The second-order valence-electron chi connectivity index (χ2n) is 2.54. The molecule has 1 rings (SSSR count). The van der Waals surface area contributed by atoms with Gasteiger partial charge in [0.05, 0.1) is 7.11 Å². The molecule has 0 aliphatic heterocycles. The van der Waals surface area contributed by atoms with E-state index >= 15 is 0 Å². The van der Waals surface area contributed by atoms with Crippen molar-refractivity contribution < 1.29 is 14.8 Å². The zero-order valence-electron chi connectivity index (χ0n) is 7.40. The van der Waals surface area contributed by atoms with E-state index in [4.69, 9.17) is 14.8 Å². The Kier molecular flexibility index (Phi) is 3.11. The van der Waals surface area contributed by atoms with E-state index in [-0.39, 0.29) is 0 Å². The van der Waals surface area contributed by atoms with Crippen molar-refractivity contribution in [3.05, 3.63) is 30.3 Å². The Morgan fingerprint density at radius 2 is 2.15 bits per heavy atom. The molecule has 0 atom stereocenters. The molecule has 1 aromatic rings. The standard InChI is InChI=1S/C9H11BO3/c1-3-7-8(10(11)12)5-4-6-9(7)13-2/h3-6,11-12H,1H2,2H3. The number of rotatable bonds is 3. The van der Waals surface area contributed by atoms with Crippen LogP contribution in [0, 0.1) is 0 Å². The number of hydrogen-bond donors (Lipinski definition) is 2. The summed E-state index contributed by atoms with van der Waals surface area (Å²) in [5.41, 5.74) is 1.01. The third-order valence-electron chi connectivity index (χ3n) is 1.80. The quantitative estimate of drug-likeness (QED) is 0.641. The monoisotopic (exact) mass is 178 g/mol. The van der Waals surface area contributed by atoms with Gasteiger partial charge in [-0.25, -0.2) is 0 Å². The molecule has 3 nitrogen and oxygen atoms in total.